The van der Waals surface area contributed by atoms with Crippen molar-refractivity contribution in [2.75, 3.05) is 40.6 Å². The van der Waals surface area contributed by atoms with Crippen LogP contribution >= 0.6 is 0 Å². The van der Waals surface area contributed by atoms with Crippen LogP contribution in [0.25, 0.3) is 6.08 Å². The van der Waals surface area contributed by atoms with Crippen molar-refractivity contribution in [3.63, 3.8) is 0 Å². The number of aliphatic hydroxyl groups is 10. The Labute approximate surface area is 278 Å². The van der Waals surface area contributed by atoms with Crippen molar-refractivity contribution in [1.29, 1.82) is 0 Å². The van der Waals surface area contributed by atoms with Gasteiger partial charge in [-0.1, -0.05) is 0 Å². The number of hydrogen-bond acceptors (Lipinski definition) is 20. The molecule has 0 aromatic heterocycles. The van der Waals surface area contributed by atoms with E-state index in [1.807, 2.05) is 0 Å². The van der Waals surface area contributed by atoms with Crippen LogP contribution in [0.15, 0.2) is 18.2 Å². The molecule has 0 saturated carbocycles. The van der Waals surface area contributed by atoms with Gasteiger partial charge in [-0.15, -0.1) is 0 Å². The first-order valence-corrected chi connectivity index (χ1v) is 15.0. The minimum atomic E-state index is -2.47. The van der Waals surface area contributed by atoms with Gasteiger partial charge < -0.3 is 94.1 Å². The number of phenols is 1. The van der Waals surface area contributed by atoms with Gasteiger partial charge in [0.1, 0.15) is 80.4 Å². The molecule has 278 valence electrons. The SMILES string of the molecule is COc1cc(/C=C/C(=O)OC[C@H]2O[C@H](O[C@]3(CO)O[C@H](CO)[C@@H](O)[C@@H]3O)[C@H](O)[C@@H](O)[C@@H]2O[C@@H]2O[C@H](CO)[C@@H](O)[C@H](O)[C@H]2O)cc(OC)c1O. The predicted octanol–water partition coefficient (Wildman–Crippen LogP) is -5.58. The van der Waals surface area contributed by atoms with E-state index in [1.54, 1.807) is 0 Å². The first-order chi connectivity index (χ1) is 23.2. The van der Waals surface area contributed by atoms with E-state index in [1.165, 1.54) is 32.4 Å². The second kappa shape index (κ2) is 16.5. The largest absolute Gasteiger partial charge is 0.502 e. The summed E-state index contributed by atoms with van der Waals surface area (Å²) in [6, 6.07) is 2.79. The summed E-state index contributed by atoms with van der Waals surface area (Å²) in [5.74, 6) is -3.65. The molecule has 14 atom stereocenters. The van der Waals surface area contributed by atoms with Crippen LogP contribution in [0.4, 0.5) is 0 Å². The molecule has 3 aliphatic rings. The van der Waals surface area contributed by atoms with E-state index in [2.05, 4.69) is 0 Å². The van der Waals surface area contributed by atoms with Gasteiger partial charge in [-0.05, 0) is 23.8 Å². The molecule has 11 N–H and O–H groups in total. The molecule has 1 aromatic rings. The highest BCUT2D eigenvalue weighted by atomic mass is 16.8. The van der Waals surface area contributed by atoms with E-state index in [0.717, 1.165) is 6.08 Å². The Bertz CT molecular complexity index is 1250. The number of benzene rings is 1. The fourth-order valence-corrected chi connectivity index (χ4v) is 5.49. The Balaban J connectivity index is 1.56. The number of carbonyl (C=O) groups excluding carboxylic acids is 1. The second-order valence-electron chi connectivity index (χ2n) is 11.4. The summed E-state index contributed by atoms with van der Waals surface area (Å²) in [7, 11) is 2.61. The minimum absolute atomic E-state index is 0.0459. The molecule has 3 saturated heterocycles. The molecule has 3 aliphatic heterocycles. The van der Waals surface area contributed by atoms with Crippen LogP contribution in [0.3, 0.4) is 0 Å². The lowest BCUT2D eigenvalue weighted by molar-refractivity contribution is -0.398. The van der Waals surface area contributed by atoms with E-state index in [9.17, 15) is 61.0 Å². The highest BCUT2D eigenvalue weighted by Gasteiger charge is 2.59. The molecule has 0 spiro atoms. The first kappa shape index (κ1) is 39.0. The summed E-state index contributed by atoms with van der Waals surface area (Å²) in [6.07, 6.45) is -21.2. The molecule has 49 heavy (non-hydrogen) atoms. The molecule has 1 aromatic carbocycles. The topological polar surface area (TPSA) is 313 Å². The van der Waals surface area contributed by atoms with Gasteiger partial charge in [0.05, 0.1) is 27.4 Å². The summed E-state index contributed by atoms with van der Waals surface area (Å²) in [5.41, 5.74) is 0.348. The predicted molar refractivity (Wildman–Crippen MR) is 155 cm³/mol. The monoisotopic (exact) mass is 710 g/mol. The zero-order chi connectivity index (χ0) is 36.2. The van der Waals surface area contributed by atoms with E-state index in [0.29, 0.717) is 5.56 Å². The van der Waals surface area contributed by atoms with Crippen molar-refractivity contribution in [2.24, 2.45) is 0 Å². The minimum Gasteiger partial charge on any atom is -0.502 e. The van der Waals surface area contributed by atoms with Gasteiger partial charge in [-0.25, -0.2) is 4.79 Å². The third kappa shape index (κ3) is 8.09. The van der Waals surface area contributed by atoms with Crippen LogP contribution in [0.1, 0.15) is 5.56 Å². The quantitative estimate of drug-likeness (QED) is 0.0671. The van der Waals surface area contributed by atoms with Crippen molar-refractivity contribution in [1.82, 2.24) is 0 Å². The standard InChI is InChI=1S/C29H42O20/c1-42-12-5-11(6-13(43-2)18(12)34)3-4-17(33)44-9-16-25(47-27-23(39)21(37)19(35)14(7-30)45-27)22(38)24(40)28(46-16)49-29(10-32)26(41)20(36)15(8-31)48-29/h3-6,14-16,19-28,30-32,34-41H,7-10H2,1-2H3/b4-3+/t14-,15-,16-,19-,20-,21+,22-,23-,24-,25-,26+,27+,28-,29+/m1/s1. The molecule has 0 radical (unpaired) electrons. The van der Waals surface area contributed by atoms with Crippen molar-refractivity contribution in [3.8, 4) is 17.2 Å². The van der Waals surface area contributed by atoms with Gasteiger partial charge in [-0.3, -0.25) is 0 Å². The molecule has 0 aliphatic carbocycles. The summed E-state index contributed by atoms with van der Waals surface area (Å²) >= 11 is 0. The summed E-state index contributed by atoms with van der Waals surface area (Å²) in [4.78, 5) is 12.7. The van der Waals surface area contributed by atoms with Crippen molar-refractivity contribution in [2.45, 2.75) is 85.5 Å². The van der Waals surface area contributed by atoms with Crippen LogP contribution in [0.5, 0.6) is 17.2 Å². The molecule has 0 amide bonds. The number of esters is 1. The number of phenolic OH excluding ortho intramolecular Hbond substituents is 1. The van der Waals surface area contributed by atoms with Crippen LogP contribution in [0.2, 0.25) is 0 Å². The highest BCUT2D eigenvalue weighted by molar-refractivity contribution is 5.87. The van der Waals surface area contributed by atoms with Crippen LogP contribution < -0.4 is 9.47 Å². The Kier molecular flexibility index (Phi) is 13.1. The van der Waals surface area contributed by atoms with Crippen LogP contribution in [-0.4, -0.2) is 188 Å². The Morgan fingerprint density at radius 1 is 0.796 bits per heavy atom. The second-order valence-corrected chi connectivity index (χ2v) is 11.4. The molecule has 4 rings (SSSR count). The normalized spacial score (nSPS) is 39.6. The van der Waals surface area contributed by atoms with Gasteiger partial charge in [0, 0.05) is 6.08 Å². The molecule has 20 heteroatoms. The van der Waals surface area contributed by atoms with Gasteiger partial charge in [0.25, 0.3) is 0 Å². The molecular weight excluding hydrogens is 668 g/mol. The maximum Gasteiger partial charge on any atom is 0.330 e. The average molecular weight is 711 g/mol. The first-order valence-electron chi connectivity index (χ1n) is 15.0. The van der Waals surface area contributed by atoms with Crippen LogP contribution in [0, 0.1) is 0 Å². The molecular formula is C29H42O20. The maximum absolute atomic E-state index is 12.7. The Morgan fingerprint density at radius 2 is 1.39 bits per heavy atom. The maximum atomic E-state index is 12.7. The lowest BCUT2D eigenvalue weighted by Crippen LogP contribution is -2.66. The molecule has 0 unspecified atom stereocenters. The van der Waals surface area contributed by atoms with Crippen LogP contribution in [-0.2, 0) is 33.2 Å². The van der Waals surface area contributed by atoms with Gasteiger partial charge in [0.15, 0.2) is 24.1 Å². The Morgan fingerprint density at radius 3 is 1.94 bits per heavy atom. The summed E-state index contributed by atoms with van der Waals surface area (Å²) in [6.45, 7) is -3.52. The number of carbonyl (C=O) groups is 1. The zero-order valence-corrected chi connectivity index (χ0v) is 26.2. The smallest absolute Gasteiger partial charge is 0.330 e. The fourth-order valence-electron chi connectivity index (χ4n) is 5.49. The van der Waals surface area contributed by atoms with E-state index in [-0.39, 0.29) is 17.2 Å². The number of aromatic hydroxyl groups is 1. The Hall–Kier alpha value is -2.77. The molecule has 3 fully saturated rings. The van der Waals surface area contributed by atoms with Crippen molar-refractivity contribution in [3.05, 3.63) is 23.8 Å². The third-order valence-electron chi connectivity index (χ3n) is 8.31. The number of hydrogen-bond donors (Lipinski definition) is 11. The van der Waals surface area contributed by atoms with Gasteiger partial charge >= 0.3 is 5.97 Å². The number of rotatable bonds is 13. The highest BCUT2D eigenvalue weighted by Crippen LogP contribution is 2.38. The third-order valence-corrected chi connectivity index (χ3v) is 8.31. The van der Waals surface area contributed by atoms with Gasteiger partial charge in [0.2, 0.25) is 11.5 Å². The van der Waals surface area contributed by atoms with E-state index >= 15 is 0 Å². The average Bonchev–Trinajstić information content (AvgIpc) is 3.34. The zero-order valence-electron chi connectivity index (χ0n) is 26.2. The summed E-state index contributed by atoms with van der Waals surface area (Å²) < 4.78 is 43.0. The van der Waals surface area contributed by atoms with Gasteiger partial charge in [-0.2, -0.15) is 0 Å². The number of methoxy groups -OCH3 is 2. The lowest BCUT2D eigenvalue weighted by atomic mass is 9.96. The van der Waals surface area contributed by atoms with E-state index in [4.69, 9.17) is 37.9 Å². The fraction of sp³-hybridized carbons (Fsp3) is 0.690. The number of aliphatic hydroxyl groups excluding tert-OH is 10. The number of ether oxygens (including phenoxy) is 8. The summed E-state index contributed by atoms with van der Waals surface area (Å²) in [5, 5.41) is 113. The lowest BCUT2D eigenvalue weighted by Gasteiger charge is -2.47. The van der Waals surface area contributed by atoms with Crippen molar-refractivity contribution >= 4 is 12.0 Å². The van der Waals surface area contributed by atoms with Crippen molar-refractivity contribution < 1.29 is 98.9 Å². The molecule has 3 heterocycles. The van der Waals surface area contributed by atoms with E-state index < -0.39 is 118 Å². The molecule has 20 nitrogen and oxygen atoms in total. The molecule has 0 bridgehead atoms.